The molecule has 2 aromatic rings. The minimum Gasteiger partial charge on any atom is -0.389 e. The second-order valence-electron chi connectivity index (χ2n) is 4.33. The molecule has 0 spiro atoms. The Balaban J connectivity index is 2.11. The summed E-state index contributed by atoms with van der Waals surface area (Å²) in [6, 6.07) is 11.9. The van der Waals surface area contributed by atoms with Crippen molar-refractivity contribution in [3.8, 4) is 0 Å². The van der Waals surface area contributed by atoms with Crippen LogP contribution >= 0.6 is 12.2 Å². The zero-order chi connectivity index (χ0) is 15.3. The number of pyridine rings is 1. The van der Waals surface area contributed by atoms with E-state index in [1.165, 1.54) is 6.07 Å². The molecule has 0 saturated heterocycles. The summed E-state index contributed by atoms with van der Waals surface area (Å²) < 4.78 is 27.1. The van der Waals surface area contributed by atoms with Gasteiger partial charge in [0.2, 0.25) is 10.0 Å². The predicted octanol–water partition coefficient (Wildman–Crippen LogP) is 1.24. The van der Waals surface area contributed by atoms with E-state index in [0.717, 1.165) is 5.69 Å². The lowest BCUT2D eigenvalue weighted by atomic mass is 10.2. The maximum absolute atomic E-state index is 12.3. The summed E-state index contributed by atoms with van der Waals surface area (Å²) in [7, 11) is -3.65. The van der Waals surface area contributed by atoms with Crippen molar-refractivity contribution in [1.82, 2.24) is 9.71 Å². The lowest BCUT2D eigenvalue weighted by Gasteiger charge is -2.10. The molecule has 5 nitrogen and oxygen atoms in total. The Hall–Kier alpha value is -1.83. The van der Waals surface area contributed by atoms with Crippen molar-refractivity contribution in [3.63, 3.8) is 0 Å². The van der Waals surface area contributed by atoms with E-state index in [4.69, 9.17) is 18.0 Å². The first-order valence-corrected chi connectivity index (χ1v) is 8.18. The van der Waals surface area contributed by atoms with Crippen LogP contribution in [0.15, 0.2) is 53.6 Å². The van der Waals surface area contributed by atoms with Gasteiger partial charge in [-0.1, -0.05) is 36.5 Å². The van der Waals surface area contributed by atoms with Gasteiger partial charge in [-0.3, -0.25) is 4.98 Å². The van der Waals surface area contributed by atoms with Crippen molar-refractivity contribution in [2.45, 2.75) is 11.3 Å². The maximum Gasteiger partial charge on any atom is 0.241 e. The molecule has 1 aromatic carbocycles. The number of nitrogens with one attached hydrogen (secondary N) is 1. The highest BCUT2D eigenvalue weighted by Gasteiger charge is 2.18. The van der Waals surface area contributed by atoms with Gasteiger partial charge in [0, 0.05) is 30.4 Å². The third kappa shape index (κ3) is 4.07. The minimum absolute atomic E-state index is 0.0562. The van der Waals surface area contributed by atoms with Crippen molar-refractivity contribution >= 4 is 27.2 Å². The normalized spacial score (nSPS) is 11.2. The first-order chi connectivity index (χ1) is 10.0. The van der Waals surface area contributed by atoms with Gasteiger partial charge in [-0.2, -0.15) is 0 Å². The van der Waals surface area contributed by atoms with Crippen molar-refractivity contribution in [1.29, 1.82) is 0 Å². The highest BCUT2D eigenvalue weighted by Crippen LogP contribution is 2.15. The number of rotatable bonds is 6. The van der Waals surface area contributed by atoms with Crippen LogP contribution in [-0.2, 0) is 16.4 Å². The Bertz CT molecular complexity index is 731. The number of nitrogens with zero attached hydrogens (tertiary/aromatic N) is 1. The highest BCUT2D eigenvalue weighted by atomic mass is 32.2. The smallest absolute Gasteiger partial charge is 0.241 e. The summed E-state index contributed by atoms with van der Waals surface area (Å²) in [5.74, 6) is 0. The van der Waals surface area contributed by atoms with Gasteiger partial charge in [-0.05, 0) is 18.2 Å². The van der Waals surface area contributed by atoms with Crippen molar-refractivity contribution in [2.75, 3.05) is 6.54 Å². The van der Waals surface area contributed by atoms with Gasteiger partial charge < -0.3 is 5.73 Å². The van der Waals surface area contributed by atoms with Gasteiger partial charge in [0.1, 0.15) is 4.99 Å². The molecular weight excluding hydrogens is 306 g/mol. The maximum atomic E-state index is 12.3. The van der Waals surface area contributed by atoms with E-state index < -0.39 is 10.0 Å². The van der Waals surface area contributed by atoms with E-state index in [9.17, 15) is 8.42 Å². The average Bonchev–Trinajstić information content (AvgIpc) is 2.48. The first kappa shape index (κ1) is 15.6. The molecule has 3 N–H and O–H groups in total. The van der Waals surface area contributed by atoms with E-state index in [0.29, 0.717) is 12.0 Å². The Morgan fingerprint density at radius 3 is 2.57 bits per heavy atom. The topological polar surface area (TPSA) is 85.1 Å². The number of benzene rings is 1. The molecule has 2 rings (SSSR count). The highest BCUT2D eigenvalue weighted by molar-refractivity contribution is 7.89. The number of sulfonamides is 1. The predicted molar refractivity (Wildman–Crippen MR) is 85.5 cm³/mol. The molecule has 1 heterocycles. The second kappa shape index (κ2) is 6.75. The molecule has 0 aliphatic rings. The summed E-state index contributed by atoms with van der Waals surface area (Å²) in [5.41, 5.74) is 6.73. The van der Waals surface area contributed by atoms with Gasteiger partial charge in [-0.15, -0.1) is 0 Å². The molecule has 7 heteroatoms. The van der Waals surface area contributed by atoms with Crippen LogP contribution < -0.4 is 10.5 Å². The number of nitrogens with two attached hydrogens (primary N) is 1. The number of hydrogen-bond donors (Lipinski definition) is 2. The quantitative estimate of drug-likeness (QED) is 0.782. The van der Waals surface area contributed by atoms with Gasteiger partial charge >= 0.3 is 0 Å². The molecule has 0 saturated carbocycles. The standard InChI is InChI=1S/C14H15N3O2S2/c15-14(20)12-6-1-2-7-13(12)21(18,19)17-10-8-11-5-3-4-9-16-11/h1-7,9,17H,8,10H2,(H2,15,20). The van der Waals surface area contributed by atoms with Crippen molar-refractivity contribution < 1.29 is 8.42 Å². The van der Waals surface area contributed by atoms with Crippen LogP contribution in [0.3, 0.4) is 0 Å². The van der Waals surface area contributed by atoms with Crippen LogP contribution in [0.2, 0.25) is 0 Å². The molecule has 21 heavy (non-hydrogen) atoms. The van der Waals surface area contributed by atoms with Crippen LogP contribution in [0.4, 0.5) is 0 Å². The molecule has 0 fully saturated rings. The minimum atomic E-state index is -3.65. The molecule has 0 radical (unpaired) electrons. The lowest BCUT2D eigenvalue weighted by molar-refractivity contribution is 0.581. The average molecular weight is 321 g/mol. The summed E-state index contributed by atoms with van der Waals surface area (Å²) in [6.45, 7) is 0.255. The number of aromatic nitrogens is 1. The molecule has 0 unspecified atom stereocenters. The van der Waals surface area contributed by atoms with E-state index in [2.05, 4.69) is 9.71 Å². The Morgan fingerprint density at radius 1 is 1.19 bits per heavy atom. The summed E-state index contributed by atoms with van der Waals surface area (Å²) in [5, 5.41) is 0. The van der Waals surface area contributed by atoms with Crippen LogP contribution in [0.5, 0.6) is 0 Å². The first-order valence-electron chi connectivity index (χ1n) is 6.29. The third-order valence-corrected chi connectivity index (χ3v) is 4.58. The van der Waals surface area contributed by atoms with Crippen LogP contribution in [0.1, 0.15) is 11.3 Å². The second-order valence-corrected chi connectivity index (χ2v) is 6.50. The number of thiocarbonyl (C=S) groups is 1. The van der Waals surface area contributed by atoms with Crippen molar-refractivity contribution in [2.24, 2.45) is 5.73 Å². The molecule has 110 valence electrons. The van der Waals surface area contributed by atoms with Gasteiger partial charge in [0.05, 0.1) is 4.90 Å². The van der Waals surface area contributed by atoms with Crippen LogP contribution in [0, 0.1) is 0 Å². The molecule has 0 aliphatic heterocycles. The Labute approximate surface area is 129 Å². The zero-order valence-corrected chi connectivity index (χ0v) is 12.8. The fourth-order valence-corrected chi connectivity index (χ4v) is 3.34. The van der Waals surface area contributed by atoms with Crippen molar-refractivity contribution in [3.05, 3.63) is 59.9 Å². The SMILES string of the molecule is NC(=S)c1ccccc1S(=O)(=O)NCCc1ccccn1. The monoisotopic (exact) mass is 321 g/mol. The summed E-state index contributed by atoms with van der Waals surface area (Å²) in [4.78, 5) is 4.29. The van der Waals surface area contributed by atoms with Gasteiger partial charge in [0.25, 0.3) is 0 Å². The van der Waals surface area contributed by atoms with Crippen LogP contribution in [0.25, 0.3) is 0 Å². The molecular formula is C14H15N3O2S2. The van der Waals surface area contributed by atoms with Gasteiger partial charge in [0.15, 0.2) is 0 Å². The largest absolute Gasteiger partial charge is 0.389 e. The molecule has 0 aliphatic carbocycles. The molecule has 0 amide bonds. The third-order valence-electron chi connectivity index (χ3n) is 2.84. The summed E-state index contributed by atoms with van der Waals surface area (Å²) in [6.07, 6.45) is 2.18. The van der Waals surface area contributed by atoms with E-state index in [1.54, 1.807) is 24.4 Å². The number of hydrogen-bond acceptors (Lipinski definition) is 4. The lowest BCUT2D eigenvalue weighted by Crippen LogP contribution is -2.28. The van der Waals surface area contributed by atoms with E-state index >= 15 is 0 Å². The van der Waals surface area contributed by atoms with E-state index in [1.807, 2.05) is 18.2 Å². The fraction of sp³-hybridized carbons (Fsp3) is 0.143. The Kier molecular flexibility index (Phi) is 5.00. The molecule has 0 bridgehead atoms. The fourth-order valence-electron chi connectivity index (χ4n) is 1.84. The van der Waals surface area contributed by atoms with Gasteiger partial charge in [-0.25, -0.2) is 13.1 Å². The summed E-state index contributed by atoms with van der Waals surface area (Å²) >= 11 is 4.88. The van der Waals surface area contributed by atoms with Crippen LogP contribution in [-0.4, -0.2) is 24.9 Å². The van der Waals surface area contributed by atoms with E-state index in [-0.39, 0.29) is 16.4 Å². The molecule has 0 atom stereocenters. The molecule has 1 aromatic heterocycles. The zero-order valence-electron chi connectivity index (χ0n) is 11.2. The Morgan fingerprint density at radius 2 is 1.90 bits per heavy atom.